The highest BCUT2D eigenvalue weighted by Crippen LogP contribution is 2.75. The topological polar surface area (TPSA) is 174 Å². The average Bonchev–Trinajstić information content (AvgIpc) is 2.86. The van der Waals surface area contributed by atoms with Gasteiger partial charge in [-0.1, -0.05) is 24.3 Å². The van der Waals surface area contributed by atoms with Gasteiger partial charge in [-0.15, -0.1) is 0 Å². The van der Waals surface area contributed by atoms with E-state index >= 15 is 0 Å². The normalized spacial score (nSPS) is 32.2. The molecule has 0 bridgehead atoms. The second-order valence-corrected chi connectivity index (χ2v) is 12.7. The molecule has 2 aliphatic carbocycles. The molecule has 0 radical (unpaired) electrons. The van der Waals surface area contributed by atoms with E-state index in [2.05, 4.69) is 0 Å². The smallest absolute Gasteiger partial charge is 0.338 e. The molecule has 6 N–H and O–H groups in total. The molecular weight excluding hydrogens is 520 g/mol. The number of aliphatic hydroxyl groups excluding tert-OH is 3. The van der Waals surface area contributed by atoms with E-state index in [4.69, 9.17) is 9.47 Å². The van der Waals surface area contributed by atoms with Crippen molar-refractivity contribution in [3.05, 3.63) is 70.8 Å². The Morgan fingerprint density at radius 2 is 1.20 bits per heavy atom. The fraction of sp³-hybridized carbons (Fsp3) is 0.533. The van der Waals surface area contributed by atoms with E-state index in [-0.39, 0.29) is 22.3 Å². The maximum Gasteiger partial charge on any atom is 0.338 e. The highest BCUT2D eigenvalue weighted by Gasteiger charge is 2.93. The lowest BCUT2D eigenvalue weighted by Gasteiger charge is -2.80. The third kappa shape index (κ3) is 4.34. The molecule has 0 aliphatic heterocycles. The number of esters is 2. The summed E-state index contributed by atoms with van der Waals surface area (Å²) in [4.78, 5) is 24.8. The molecule has 2 aliphatic rings. The summed E-state index contributed by atoms with van der Waals surface area (Å²) in [7, 11) is 0. The minimum atomic E-state index is -2.49. The van der Waals surface area contributed by atoms with Gasteiger partial charge in [-0.05, 0) is 76.9 Å². The Kier molecular flexibility index (Phi) is 7.23. The van der Waals surface area contributed by atoms with Crippen molar-refractivity contribution in [3.8, 4) is 0 Å². The van der Waals surface area contributed by atoms with Crippen LogP contribution in [-0.2, 0) is 9.47 Å². The van der Waals surface area contributed by atoms with Gasteiger partial charge in [-0.3, -0.25) is 0 Å². The largest absolute Gasteiger partial charge is 0.456 e. The lowest BCUT2D eigenvalue weighted by molar-refractivity contribution is -0.459. The highest BCUT2D eigenvalue weighted by atomic mass is 16.6. The number of ether oxygens (including phenoxy) is 2. The number of rotatable bonds is 6. The van der Waals surface area contributed by atoms with Gasteiger partial charge >= 0.3 is 11.9 Å². The lowest BCUT2D eigenvalue weighted by atomic mass is 9.30. The number of benzene rings is 2. The standard InChI is InChI=1S/C30H38O10/c1-26(2,3)39-24(34)18-11-7-16(8-12-18)21-23(33)29(37)22(28(36,20(32)15-31)30(21,29)38)17-9-13-19(14-10-17)25(35)40-27(4,5)6/h7-14,20-23,31-33,36-38H,15H2,1-6H3/t20-,21?,22?,23?,28+,29+,30+/m1/s1. The molecule has 10 heteroatoms. The lowest BCUT2D eigenvalue weighted by Crippen LogP contribution is -2.99. The minimum Gasteiger partial charge on any atom is -0.456 e. The summed E-state index contributed by atoms with van der Waals surface area (Å²) in [6.45, 7) is 9.41. The van der Waals surface area contributed by atoms with E-state index in [1.807, 2.05) is 0 Å². The van der Waals surface area contributed by atoms with Gasteiger partial charge in [0.25, 0.3) is 0 Å². The van der Waals surface area contributed by atoms with Gasteiger partial charge in [0.15, 0.2) is 0 Å². The van der Waals surface area contributed by atoms with Crippen LogP contribution in [0.2, 0.25) is 0 Å². The first-order valence-corrected chi connectivity index (χ1v) is 13.1. The predicted molar refractivity (Wildman–Crippen MR) is 143 cm³/mol. The molecule has 218 valence electrons. The van der Waals surface area contributed by atoms with Crippen molar-refractivity contribution in [2.24, 2.45) is 0 Å². The van der Waals surface area contributed by atoms with Crippen molar-refractivity contribution in [2.75, 3.05) is 6.61 Å². The molecule has 2 saturated carbocycles. The summed E-state index contributed by atoms with van der Waals surface area (Å²) in [6, 6.07) is 11.5. The summed E-state index contributed by atoms with van der Waals surface area (Å²) in [5.41, 5.74) is -7.78. The molecule has 2 aromatic carbocycles. The average molecular weight is 559 g/mol. The number of aliphatic hydroxyl groups is 6. The van der Waals surface area contributed by atoms with Gasteiger partial charge in [0.2, 0.25) is 0 Å². The summed E-state index contributed by atoms with van der Waals surface area (Å²) in [5.74, 6) is -3.86. The molecule has 3 unspecified atom stereocenters. The summed E-state index contributed by atoms with van der Waals surface area (Å²) in [6.07, 6.45) is -3.49. The second kappa shape index (κ2) is 9.61. The molecule has 10 nitrogen and oxygen atoms in total. The van der Waals surface area contributed by atoms with Crippen LogP contribution in [0, 0.1) is 0 Å². The van der Waals surface area contributed by atoms with E-state index in [0.29, 0.717) is 0 Å². The van der Waals surface area contributed by atoms with E-state index in [0.717, 1.165) is 0 Å². The zero-order chi connectivity index (χ0) is 30.1. The third-order valence-electron chi connectivity index (χ3n) is 7.78. The minimum absolute atomic E-state index is 0.198. The van der Waals surface area contributed by atoms with Gasteiger partial charge in [-0.25, -0.2) is 9.59 Å². The molecule has 0 aromatic heterocycles. The number of fused-ring (bicyclic) bond motifs is 1. The van der Waals surface area contributed by atoms with Gasteiger partial charge in [0.05, 0.1) is 29.8 Å². The molecule has 0 saturated heterocycles. The predicted octanol–water partition coefficient (Wildman–Crippen LogP) is 1.40. The van der Waals surface area contributed by atoms with Crippen LogP contribution in [0.4, 0.5) is 0 Å². The third-order valence-corrected chi connectivity index (χ3v) is 7.78. The molecule has 0 amide bonds. The molecule has 40 heavy (non-hydrogen) atoms. The number of hydrogen-bond acceptors (Lipinski definition) is 10. The monoisotopic (exact) mass is 558 g/mol. The molecule has 7 atom stereocenters. The summed E-state index contributed by atoms with van der Waals surface area (Å²) >= 11 is 0. The maximum atomic E-state index is 12.4. The molecule has 0 heterocycles. The highest BCUT2D eigenvalue weighted by molar-refractivity contribution is 5.90. The van der Waals surface area contributed by atoms with Crippen molar-refractivity contribution in [3.63, 3.8) is 0 Å². The van der Waals surface area contributed by atoms with Crippen LogP contribution in [0.15, 0.2) is 48.5 Å². The van der Waals surface area contributed by atoms with Gasteiger partial charge < -0.3 is 40.1 Å². The van der Waals surface area contributed by atoms with E-state index < -0.39 is 70.6 Å². The summed E-state index contributed by atoms with van der Waals surface area (Å²) < 4.78 is 10.7. The van der Waals surface area contributed by atoms with Crippen LogP contribution in [0.25, 0.3) is 0 Å². The maximum absolute atomic E-state index is 12.4. The Morgan fingerprint density at radius 3 is 1.57 bits per heavy atom. The van der Waals surface area contributed by atoms with Crippen molar-refractivity contribution in [1.82, 2.24) is 0 Å². The first-order valence-electron chi connectivity index (χ1n) is 13.1. The molecule has 0 spiro atoms. The van der Waals surface area contributed by atoms with Gasteiger partial charge in [0, 0.05) is 5.92 Å². The Hall–Kier alpha value is -2.86. The van der Waals surface area contributed by atoms with Crippen LogP contribution in [0.5, 0.6) is 0 Å². The van der Waals surface area contributed by atoms with Crippen LogP contribution in [0.1, 0.15) is 85.2 Å². The SMILES string of the molecule is CC(C)(C)OC(=O)c1ccc(C2C(O)[C@@]3(O)C(c4ccc(C(=O)OC(C)(C)C)cc4)[C@@](O)([C@H](O)CO)[C@@]23O)cc1. The zero-order valence-corrected chi connectivity index (χ0v) is 23.5. The molecule has 2 fully saturated rings. The first-order chi connectivity index (χ1) is 18.3. The van der Waals surface area contributed by atoms with Crippen molar-refractivity contribution in [1.29, 1.82) is 0 Å². The Balaban J connectivity index is 1.67. The van der Waals surface area contributed by atoms with Crippen LogP contribution < -0.4 is 0 Å². The number of hydrogen-bond donors (Lipinski definition) is 6. The Bertz CT molecular complexity index is 1270. The fourth-order valence-electron chi connectivity index (χ4n) is 6.13. The zero-order valence-electron chi connectivity index (χ0n) is 23.5. The van der Waals surface area contributed by atoms with Crippen LogP contribution in [0.3, 0.4) is 0 Å². The van der Waals surface area contributed by atoms with E-state index in [1.165, 1.54) is 48.5 Å². The van der Waals surface area contributed by atoms with Crippen molar-refractivity contribution < 1.29 is 49.7 Å². The van der Waals surface area contributed by atoms with Crippen LogP contribution in [-0.4, -0.2) is 89.4 Å². The first kappa shape index (κ1) is 30.1. The quantitative estimate of drug-likeness (QED) is 0.284. The fourth-order valence-corrected chi connectivity index (χ4v) is 6.13. The summed E-state index contributed by atoms with van der Waals surface area (Å²) in [5, 5.41) is 66.8. The van der Waals surface area contributed by atoms with Crippen LogP contribution >= 0.6 is 0 Å². The number of carbonyl (C=O) groups excluding carboxylic acids is 2. The molecule has 4 rings (SSSR count). The van der Waals surface area contributed by atoms with Gasteiger partial charge in [-0.2, -0.15) is 0 Å². The Labute approximate surface area is 232 Å². The van der Waals surface area contributed by atoms with Gasteiger partial charge in [0.1, 0.15) is 34.1 Å². The molecular formula is C30H38O10. The van der Waals surface area contributed by atoms with E-state index in [9.17, 15) is 40.2 Å². The van der Waals surface area contributed by atoms with Crippen molar-refractivity contribution >= 4 is 11.9 Å². The molecule has 2 aromatic rings. The van der Waals surface area contributed by atoms with Crippen molar-refractivity contribution in [2.45, 2.75) is 93.6 Å². The Morgan fingerprint density at radius 1 is 0.800 bits per heavy atom. The number of carbonyl (C=O) groups is 2. The second-order valence-electron chi connectivity index (χ2n) is 12.7. The van der Waals surface area contributed by atoms with E-state index in [1.54, 1.807) is 41.5 Å².